The van der Waals surface area contributed by atoms with Gasteiger partial charge in [-0.25, -0.2) is 0 Å². The van der Waals surface area contributed by atoms with Crippen LogP contribution in [0.3, 0.4) is 0 Å². The van der Waals surface area contributed by atoms with E-state index in [2.05, 4.69) is 246 Å². The number of nitrogens with zero attached hydrogens (tertiary/aromatic N) is 2. The second kappa shape index (κ2) is 14.9. The average molecular weight is 831 g/mol. The van der Waals surface area contributed by atoms with Crippen molar-refractivity contribution in [3.05, 3.63) is 276 Å². The second-order valence-electron chi connectivity index (χ2n) is 17.2. The SMILES string of the molecule is c1ccc(N(c2cccc(N(c3ccc4c(c3)Cc3ccccc3-4)c3cccc4oc5ccccc5c34)c2)c2cccc(C3(c4ccccc4)c4ccccc4-c4ccccc43)c2)cc1. The summed E-state index contributed by atoms with van der Waals surface area (Å²) in [4.78, 5) is 4.83. The number of fused-ring (bicyclic) bond motifs is 9. The normalized spacial score (nSPS) is 13.0. The maximum absolute atomic E-state index is 6.51. The molecule has 0 fully saturated rings. The number of hydrogen-bond donors (Lipinski definition) is 0. The highest BCUT2D eigenvalue weighted by Crippen LogP contribution is 2.57. The van der Waals surface area contributed by atoms with Crippen molar-refractivity contribution in [3.63, 3.8) is 0 Å². The number of anilines is 6. The van der Waals surface area contributed by atoms with E-state index in [-0.39, 0.29) is 0 Å². The van der Waals surface area contributed by atoms with Crippen molar-refractivity contribution in [2.75, 3.05) is 9.80 Å². The van der Waals surface area contributed by atoms with Gasteiger partial charge < -0.3 is 14.2 Å². The maximum Gasteiger partial charge on any atom is 0.137 e. The molecule has 10 aromatic carbocycles. The van der Waals surface area contributed by atoms with Crippen LogP contribution in [0.2, 0.25) is 0 Å². The van der Waals surface area contributed by atoms with Crippen LogP contribution in [0.4, 0.5) is 34.1 Å². The summed E-state index contributed by atoms with van der Waals surface area (Å²) in [6, 6.07) is 88.6. The molecule has 0 saturated heterocycles. The molecule has 1 aromatic heterocycles. The lowest BCUT2D eigenvalue weighted by Crippen LogP contribution is -2.28. The van der Waals surface area contributed by atoms with E-state index in [1.54, 1.807) is 0 Å². The van der Waals surface area contributed by atoms with Crippen LogP contribution in [0.1, 0.15) is 33.4 Å². The summed E-state index contributed by atoms with van der Waals surface area (Å²) >= 11 is 0. The van der Waals surface area contributed by atoms with E-state index in [1.807, 2.05) is 6.07 Å². The van der Waals surface area contributed by atoms with Crippen molar-refractivity contribution in [1.29, 1.82) is 0 Å². The van der Waals surface area contributed by atoms with Gasteiger partial charge in [0.2, 0.25) is 0 Å². The molecule has 0 aliphatic heterocycles. The Hall–Kier alpha value is -8.40. The average Bonchev–Trinajstić information content (AvgIpc) is 4.04. The van der Waals surface area contributed by atoms with Crippen molar-refractivity contribution in [1.82, 2.24) is 0 Å². The lowest BCUT2D eigenvalue weighted by molar-refractivity contribution is 0.669. The van der Waals surface area contributed by atoms with Crippen LogP contribution in [-0.2, 0) is 11.8 Å². The number of furan rings is 1. The van der Waals surface area contributed by atoms with Crippen LogP contribution in [0.15, 0.2) is 247 Å². The lowest BCUT2D eigenvalue weighted by Gasteiger charge is -2.35. The third-order valence-electron chi connectivity index (χ3n) is 13.7. The van der Waals surface area contributed by atoms with E-state index in [0.29, 0.717) is 0 Å². The predicted octanol–water partition coefficient (Wildman–Crippen LogP) is 16.5. The zero-order valence-electron chi connectivity index (χ0n) is 35.6. The Kier molecular flexibility index (Phi) is 8.50. The first kappa shape index (κ1) is 37.2. The summed E-state index contributed by atoms with van der Waals surface area (Å²) in [7, 11) is 0. The third kappa shape index (κ3) is 5.76. The zero-order chi connectivity index (χ0) is 42.9. The first-order chi connectivity index (χ1) is 32.2. The van der Waals surface area contributed by atoms with Gasteiger partial charge in [-0.05, 0) is 135 Å². The maximum atomic E-state index is 6.51. The number of hydrogen-bond acceptors (Lipinski definition) is 3. The minimum absolute atomic E-state index is 0.523. The van der Waals surface area contributed by atoms with Crippen molar-refractivity contribution in [2.24, 2.45) is 0 Å². The van der Waals surface area contributed by atoms with Crippen LogP contribution in [0.5, 0.6) is 0 Å². The molecule has 0 unspecified atom stereocenters. The molecule has 3 heteroatoms. The van der Waals surface area contributed by atoms with Gasteiger partial charge in [-0.15, -0.1) is 0 Å². The molecule has 306 valence electrons. The summed E-state index contributed by atoms with van der Waals surface area (Å²) in [5.74, 6) is 0. The van der Waals surface area contributed by atoms with E-state index in [0.717, 1.165) is 62.5 Å². The molecular weight excluding hydrogens is 789 g/mol. The van der Waals surface area contributed by atoms with E-state index in [4.69, 9.17) is 4.42 Å². The van der Waals surface area contributed by atoms with Crippen molar-refractivity contribution < 1.29 is 4.42 Å². The van der Waals surface area contributed by atoms with Crippen LogP contribution in [0, 0.1) is 0 Å². The van der Waals surface area contributed by atoms with E-state index in [1.165, 1.54) is 55.6 Å². The zero-order valence-corrected chi connectivity index (χ0v) is 35.6. The molecule has 0 atom stereocenters. The fraction of sp³-hybridized carbons (Fsp3) is 0.0323. The van der Waals surface area contributed by atoms with Gasteiger partial charge in [-0.2, -0.15) is 0 Å². The Bertz CT molecular complexity index is 3560. The van der Waals surface area contributed by atoms with Crippen LogP contribution < -0.4 is 9.80 Å². The molecule has 3 nitrogen and oxygen atoms in total. The smallest absolute Gasteiger partial charge is 0.137 e. The largest absolute Gasteiger partial charge is 0.456 e. The molecule has 65 heavy (non-hydrogen) atoms. The first-order valence-corrected chi connectivity index (χ1v) is 22.5. The Balaban J connectivity index is 1.01. The topological polar surface area (TPSA) is 19.6 Å². The highest BCUT2D eigenvalue weighted by atomic mass is 16.3. The lowest BCUT2D eigenvalue weighted by atomic mass is 9.67. The van der Waals surface area contributed by atoms with E-state index < -0.39 is 5.41 Å². The van der Waals surface area contributed by atoms with Gasteiger partial charge in [0.25, 0.3) is 0 Å². The molecule has 0 radical (unpaired) electrons. The fourth-order valence-electron chi connectivity index (χ4n) is 11.0. The number of rotatable bonds is 8. The van der Waals surface area contributed by atoms with Crippen LogP contribution in [0.25, 0.3) is 44.2 Å². The molecule has 1 heterocycles. The van der Waals surface area contributed by atoms with Crippen LogP contribution in [-0.4, -0.2) is 0 Å². The monoisotopic (exact) mass is 830 g/mol. The quantitative estimate of drug-likeness (QED) is 0.152. The highest BCUT2D eigenvalue weighted by molar-refractivity contribution is 6.13. The fourth-order valence-corrected chi connectivity index (χ4v) is 11.0. The van der Waals surface area contributed by atoms with Crippen molar-refractivity contribution in [2.45, 2.75) is 11.8 Å². The second-order valence-corrected chi connectivity index (χ2v) is 17.2. The number of benzene rings is 10. The number of para-hydroxylation sites is 2. The van der Waals surface area contributed by atoms with Crippen LogP contribution >= 0.6 is 0 Å². The predicted molar refractivity (Wildman–Crippen MR) is 269 cm³/mol. The minimum Gasteiger partial charge on any atom is -0.456 e. The summed E-state index contributed by atoms with van der Waals surface area (Å²) in [5, 5.41) is 2.19. The Morgan fingerprint density at radius 3 is 1.66 bits per heavy atom. The van der Waals surface area contributed by atoms with Gasteiger partial charge in [0.05, 0.1) is 16.5 Å². The van der Waals surface area contributed by atoms with Gasteiger partial charge in [0.15, 0.2) is 0 Å². The Labute approximate surface area is 378 Å². The molecule has 13 rings (SSSR count). The van der Waals surface area contributed by atoms with E-state index >= 15 is 0 Å². The summed E-state index contributed by atoms with van der Waals surface area (Å²) < 4.78 is 6.51. The first-order valence-electron chi connectivity index (χ1n) is 22.5. The molecular formula is C62H42N2O. The van der Waals surface area contributed by atoms with Gasteiger partial charge in [-0.1, -0.05) is 170 Å². The summed E-state index contributed by atoms with van der Waals surface area (Å²) in [6.07, 6.45) is 0.906. The third-order valence-corrected chi connectivity index (χ3v) is 13.7. The minimum atomic E-state index is -0.523. The van der Waals surface area contributed by atoms with Crippen molar-refractivity contribution in [3.8, 4) is 22.3 Å². The van der Waals surface area contributed by atoms with Gasteiger partial charge in [0, 0.05) is 33.8 Å². The van der Waals surface area contributed by atoms with E-state index in [9.17, 15) is 0 Å². The molecule has 0 N–H and O–H groups in total. The van der Waals surface area contributed by atoms with Crippen molar-refractivity contribution >= 4 is 56.1 Å². The Morgan fingerprint density at radius 2 is 0.877 bits per heavy atom. The summed E-state index contributed by atoms with van der Waals surface area (Å²) in [6.45, 7) is 0. The molecule has 0 amide bonds. The standard InChI is InChI=1S/C62H42N2O/c1-3-19-44(20-4-1)62(56-31-12-9-28-53(56)54-29-10-13-32-57(54)62)45-21-15-24-47(40-45)63(46-22-5-2-6-23-46)48-25-16-26-49(41-48)64(50-36-37-52-43(39-50)38-42-18-7-8-27-51(42)52)58-33-17-35-60-61(58)55-30-11-14-34-59(55)65-60/h1-37,39-41H,38H2. The molecule has 2 aliphatic carbocycles. The highest BCUT2D eigenvalue weighted by Gasteiger charge is 2.46. The summed E-state index contributed by atoms with van der Waals surface area (Å²) in [5.41, 5.74) is 20.6. The molecule has 2 aliphatic rings. The molecule has 11 aromatic rings. The molecule has 0 saturated carbocycles. The molecule has 0 bridgehead atoms. The molecule has 0 spiro atoms. The van der Waals surface area contributed by atoms with Gasteiger partial charge >= 0.3 is 0 Å². The van der Waals surface area contributed by atoms with Gasteiger partial charge in [-0.3, -0.25) is 0 Å². The van der Waals surface area contributed by atoms with Gasteiger partial charge in [0.1, 0.15) is 11.2 Å². The Morgan fingerprint density at radius 1 is 0.338 bits per heavy atom.